The van der Waals surface area contributed by atoms with Crippen LogP contribution in [0.25, 0.3) is 0 Å². The summed E-state index contributed by atoms with van der Waals surface area (Å²) in [4.78, 5) is 0. The second kappa shape index (κ2) is 9.50. The fourth-order valence-corrected chi connectivity index (χ4v) is 2.56. The van der Waals surface area contributed by atoms with Crippen LogP contribution in [0.4, 0.5) is 0 Å². The molecule has 0 aliphatic carbocycles. The van der Waals surface area contributed by atoms with Gasteiger partial charge in [0, 0.05) is 6.04 Å². The van der Waals surface area contributed by atoms with Crippen molar-refractivity contribution in [2.45, 2.75) is 45.1 Å². The number of hydrogen-bond donors (Lipinski definition) is 1. The van der Waals surface area contributed by atoms with Gasteiger partial charge < -0.3 is 19.5 Å². The van der Waals surface area contributed by atoms with Crippen molar-refractivity contribution >= 4 is 0 Å². The van der Waals surface area contributed by atoms with Gasteiger partial charge in [-0.15, -0.1) is 0 Å². The molecule has 1 aromatic carbocycles. The SMILES string of the molecule is CCCCCCC(NC)c1cc(OC)c(OC)c(OC)c1. The van der Waals surface area contributed by atoms with Gasteiger partial charge >= 0.3 is 0 Å². The highest BCUT2D eigenvalue weighted by Crippen LogP contribution is 2.40. The van der Waals surface area contributed by atoms with Crippen LogP contribution in [0.15, 0.2) is 12.1 Å². The molecule has 0 amide bonds. The second-order valence-corrected chi connectivity index (χ2v) is 5.15. The minimum Gasteiger partial charge on any atom is -0.493 e. The minimum atomic E-state index is 0.301. The van der Waals surface area contributed by atoms with Crippen LogP contribution in [-0.4, -0.2) is 28.4 Å². The second-order valence-electron chi connectivity index (χ2n) is 5.15. The Morgan fingerprint density at radius 2 is 1.57 bits per heavy atom. The molecule has 0 aromatic heterocycles. The Labute approximate surface area is 128 Å². The smallest absolute Gasteiger partial charge is 0.203 e. The molecule has 0 spiro atoms. The van der Waals surface area contributed by atoms with Gasteiger partial charge in [0.25, 0.3) is 0 Å². The third kappa shape index (κ3) is 4.81. The summed E-state index contributed by atoms with van der Waals surface area (Å²) in [6.07, 6.45) is 6.16. The first-order chi connectivity index (χ1) is 10.2. The fourth-order valence-electron chi connectivity index (χ4n) is 2.56. The summed E-state index contributed by atoms with van der Waals surface area (Å²) in [6.45, 7) is 2.23. The number of nitrogens with one attached hydrogen (secondary N) is 1. The summed E-state index contributed by atoms with van der Waals surface area (Å²) in [7, 11) is 6.92. The number of hydrogen-bond acceptors (Lipinski definition) is 4. The molecule has 0 radical (unpaired) electrons. The number of benzene rings is 1. The summed E-state index contributed by atoms with van der Waals surface area (Å²) in [5.74, 6) is 2.06. The maximum absolute atomic E-state index is 5.42. The van der Waals surface area contributed by atoms with Crippen LogP contribution >= 0.6 is 0 Å². The van der Waals surface area contributed by atoms with E-state index in [0.717, 1.165) is 6.42 Å². The molecule has 0 fully saturated rings. The molecule has 0 bridgehead atoms. The van der Waals surface area contributed by atoms with Crippen molar-refractivity contribution in [1.82, 2.24) is 5.32 Å². The van der Waals surface area contributed by atoms with E-state index >= 15 is 0 Å². The van der Waals surface area contributed by atoms with Gasteiger partial charge in [0.15, 0.2) is 11.5 Å². The van der Waals surface area contributed by atoms with Crippen molar-refractivity contribution in [3.8, 4) is 17.2 Å². The van der Waals surface area contributed by atoms with E-state index in [4.69, 9.17) is 14.2 Å². The molecule has 21 heavy (non-hydrogen) atoms. The zero-order valence-corrected chi connectivity index (χ0v) is 14.0. The normalized spacial score (nSPS) is 12.0. The molecule has 0 saturated carbocycles. The first kappa shape index (κ1) is 17.6. The molecule has 0 aliphatic rings. The average Bonchev–Trinajstić information content (AvgIpc) is 2.53. The molecule has 1 rings (SSSR count). The van der Waals surface area contributed by atoms with Crippen LogP contribution in [0.1, 0.15) is 50.6 Å². The summed E-state index contributed by atoms with van der Waals surface area (Å²) < 4.78 is 16.2. The Balaban J connectivity index is 2.93. The van der Waals surface area contributed by atoms with Crippen molar-refractivity contribution in [2.75, 3.05) is 28.4 Å². The molecule has 120 valence electrons. The van der Waals surface area contributed by atoms with Gasteiger partial charge in [0.1, 0.15) is 0 Å². The summed E-state index contributed by atoms with van der Waals surface area (Å²) in [5.41, 5.74) is 1.17. The van der Waals surface area contributed by atoms with Crippen LogP contribution in [0.3, 0.4) is 0 Å². The highest BCUT2D eigenvalue weighted by molar-refractivity contribution is 5.54. The molecule has 4 nitrogen and oxygen atoms in total. The maximum atomic E-state index is 5.42. The van der Waals surface area contributed by atoms with Gasteiger partial charge in [-0.3, -0.25) is 0 Å². The van der Waals surface area contributed by atoms with Gasteiger partial charge in [0.05, 0.1) is 21.3 Å². The Morgan fingerprint density at radius 1 is 0.952 bits per heavy atom. The highest BCUT2D eigenvalue weighted by atomic mass is 16.5. The largest absolute Gasteiger partial charge is 0.493 e. The Bertz CT molecular complexity index is 395. The van der Waals surface area contributed by atoms with Gasteiger partial charge in [-0.05, 0) is 31.2 Å². The summed E-state index contributed by atoms with van der Waals surface area (Å²) in [5, 5.41) is 3.38. The molecule has 1 atom stereocenters. The van der Waals surface area contributed by atoms with Gasteiger partial charge in [-0.25, -0.2) is 0 Å². The maximum Gasteiger partial charge on any atom is 0.203 e. The number of unbranched alkanes of at least 4 members (excludes halogenated alkanes) is 3. The monoisotopic (exact) mass is 295 g/mol. The van der Waals surface area contributed by atoms with E-state index in [9.17, 15) is 0 Å². The molecule has 0 saturated heterocycles. The van der Waals surface area contributed by atoms with Crippen molar-refractivity contribution in [3.05, 3.63) is 17.7 Å². The van der Waals surface area contributed by atoms with E-state index in [1.165, 1.54) is 31.2 Å². The van der Waals surface area contributed by atoms with E-state index in [1.54, 1.807) is 21.3 Å². The van der Waals surface area contributed by atoms with Crippen LogP contribution in [0, 0.1) is 0 Å². The number of rotatable bonds is 10. The highest BCUT2D eigenvalue weighted by Gasteiger charge is 2.17. The van der Waals surface area contributed by atoms with Gasteiger partial charge in [-0.2, -0.15) is 0 Å². The molecule has 1 aromatic rings. The topological polar surface area (TPSA) is 39.7 Å². The van der Waals surface area contributed by atoms with Crippen LogP contribution in [0.5, 0.6) is 17.2 Å². The Kier molecular flexibility index (Phi) is 7.98. The predicted octanol–water partition coefficient (Wildman–Crippen LogP) is 3.94. The van der Waals surface area contributed by atoms with Gasteiger partial charge in [-0.1, -0.05) is 32.6 Å². The Hall–Kier alpha value is -1.42. The van der Waals surface area contributed by atoms with E-state index in [0.29, 0.717) is 23.3 Å². The standard InChI is InChI=1S/C17H29NO3/c1-6-7-8-9-10-14(18-2)13-11-15(19-3)17(21-5)16(12-13)20-4/h11-12,14,18H,6-10H2,1-5H3. The predicted molar refractivity (Wildman–Crippen MR) is 86.7 cm³/mol. The van der Waals surface area contributed by atoms with E-state index < -0.39 is 0 Å². The lowest BCUT2D eigenvalue weighted by atomic mass is 9.99. The molecular formula is C17H29NO3. The van der Waals surface area contributed by atoms with Crippen molar-refractivity contribution in [2.24, 2.45) is 0 Å². The molecule has 0 aliphatic heterocycles. The minimum absolute atomic E-state index is 0.301. The van der Waals surface area contributed by atoms with E-state index in [-0.39, 0.29) is 0 Å². The zero-order valence-electron chi connectivity index (χ0n) is 14.0. The molecule has 4 heteroatoms. The summed E-state index contributed by atoms with van der Waals surface area (Å²) in [6, 6.07) is 4.36. The first-order valence-corrected chi connectivity index (χ1v) is 7.68. The first-order valence-electron chi connectivity index (χ1n) is 7.68. The lowest BCUT2D eigenvalue weighted by Gasteiger charge is -2.20. The van der Waals surface area contributed by atoms with Crippen molar-refractivity contribution < 1.29 is 14.2 Å². The van der Waals surface area contributed by atoms with Crippen LogP contribution < -0.4 is 19.5 Å². The molecule has 1 unspecified atom stereocenters. The van der Waals surface area contributed by atoms with Crippen molar-refractivity contribution in [3.63, 3.8) is 0 Å². The van der Waals surface area contributed by atoms with Gasteiger partial charge in [0.2, 0.25) is 5.75 Å². The van der Waals surface area contributed by atoms with E-state index in [2.05, 4.69) is 12.2 Å². The average molecular weight is 295 g/mol. The van der Waals surface area contributed by atoms with Crippen LogP contribution in [-0.2, 0) is 0 Å². The molecular weight excluding hydrogens is 266 g/mol. The summed E-state index contributed by atoms with van der Waals surface area (Å²) >= 11 is 0. The lowest BCUT2D eigenvalue weighted by molar-refractivity contribution is 0.322. The Morgan fingerprint density at radius 3 is 2.00 bits per heavy atom. The third-order valence-corrected chi connectivity index (χ3v) is 3.78. The van der Waals surface area contributed by atoms with E-state index in [1.807, 2.05) is 19.2 Å². The van der Waals surface area contributed by atoms with Crippen LogP contribution in [0.2, 0.25) is 0 Å². The zero-order chi connectivity index (χ0) is 15.7. The fraction of sp³-hybridized carbons (Fsp3) is 0.647. The molecule has 0 heterocycles. The third-order valence-electron chi connectivity index (χ3n) is 3.78. The molecule has 1 N–H and O–H groups in total. The van der Waals surface area contributed by atoms with Crippen molar-refractivity contribution in [1.29, 1.82) is 0 Å². The quantitative estimate of drug-likeness (QED) is 0.664. The lowest BCUT2D eigenvalue weighted by Crippen LogP contribution is -2.16. The number of ether oxygens (including phenoxy) is 3. The number of methoxy groups -OCH3 is 3.